The zero-order valence-electron chi connectivity index (χ0n) is 9.19. The van der Waals surface area contributed by atoms with Crippen LogP contribution in [0.25, 0.3) is 5.57 Å². The molecule has 0 aliphatic carbocycles. The maximum absolute atomic E-state index is 12.9. The van der Waals surface area contributed by atoms with E-state index in [0.29, 0.717) is 6.61 Å². The minimum Gasteiger partial charge on any atom is -0.489 e. The largest absolute Gasteiger partial charge is 0.489 e. The Bertz CT molecular complexity index is 570. The molecule has 1 nitrogen and oxygen atoms in total. The van der Waals surface area contributed by atoms with Gasteiger partial charge in [-0.3, -0.25) is 0 Å². The lowest BCUT2D eigenvalue weighted by molar-refractivity contribution is 0.357. The van der Waals surface area contributed by atoms with E-state index in [2.05, 4.69) is 0 Å². The summed E-state index contributed by atoms with van der Waals surface area (Å²) in [4.78, 5) is 0. The zero-order chi connectivity index (χ0) is 11.7. The van der Waals surface area contributed by atoms with Crippen LogP contribution in [0.15, 0.2) is 54.6 Å². The number of hydrogen-bond donors (Lipinski definition) is 0. The van der Waals surface area contributed by atoms with Gasteiger partial charge in [-0.1, -0.05) is 30.3 Å². The molecule has 0 saturated carbocycles. The third-order valence-corrected chi connectivity index (χ3v) is 2.86. The molecular formula is C15H11FO. The summed E-state index contributed by atoms with van der Waals surface area (Å²) in [5.74, 6) is 0.670. The monoisotopic (exact) mass is 226 g/mol. The number of benzene rings is 2. The first kappa shape index (κ1) is 10.1. The maximum atomic E-state index is 12.9. The van der Waals surface area contributed by atoms with Gasteiger partial charge in [-0.05, 0) is 35.4 Å². The Morgan fingerprint density at radius 3 is 2.53 bits per heavy atom. The van der Waals surface area contributed by atoms with Crippen molar-refractivity contribution in [2.24, 2.45) is 0 Å². The minimum absolute atomic E-state index is 0.213. The summed E-state index contributed by atoms with van der Waals surface area (Å²) in [6, 6.07) is 14.4. The average Bonchev–Trinajstić information content (AvgIpc) is 2.39. The second-order valence-corrected chi connectivity index (χ2v) is 3.93. The highest BCUT2D eigenvalue weighted by atomic mass is 19.1. The van der Waals surface area contributed by atoms with E-state index in [-0.39, 0.29) is 5.82 Å². The summed E-state index contributed by atoms with van der Waals surface area (Å²) in [5, 5.41) is 0. The van der Waals surface area contributed by atoms with Gasteiger partial charge >= 0.3 is 0 Å². The molecule has 1 heterocycles. The highest BCUT2D eigenvalue weighted by Crippen LogP contribution is 2.33. The van der Waals surface area contributed by atoms with Crippen molar-refractivity contribution in [3.63, 3.8) is 0 Å². The van der Waals surface area contributed by atoms with Crippen molar-refractivity contribution in [3.8, 4) is 5.75 Å². The predicted molar refractivity (Wildman–Crippen MR) is 65.4 cm³/mol. The van der Waals surface area contributed by atoms with E-state index in [1.54, 1.807) is 12.1 Å². The fraction of sp³-hybridized carbons (Fsp3) is 0.0667. The van der Waals surface area contributed by atoms with E-state index in [1.165, 1.54) is 12.1 Å². The Kier molecular flexibility index (Phi) is 2.41. The molecule has 0 fully saturated rings. The first-order valence-corrected chi connectivity index (χ1v) is 5.53. The second kappa shape index (κ2) is 4.06. The van der Waals surface area contributed by atoms with Gasteiger partial charge in [0.15, 0.2) is 0 Å². The van der Waals surface area contributed by atoms with Gasteiger partial charge in [0.1, 0.15) is 18.2 Å². The lowest BCUT2D eigenvalue weighted by Crippen LogP contribution is -2.05. The summed E-state index contributed by atoms with van der Waals surface area (Å²) >= 11 is 0. The lowest BCUT2D eigenvalue weighted by atomic mass is 9.95. The van der Waals surface area contributed by atoms with E-state index in [4.69, 9.17) is 4.74 Å². The summed E-state index contributed by atoms with van der Waals surface area (Å²) in [7, 11) is 0. The van der Waals surface area contributed by atoms with Crippen molar-refractivity contribution in [1.82, 2.24) is 0 Å². The van der Waals surface area contributed by atoms with Crippen molar-refractivity contribution < 1.29 is 9.13 Å². The van der Waals surface area contributed by atoms with Crippen LogP contribution in [0.5, 0.6) is 5.75 Å². The van der Waals surface area contributed by atoms with E-state index in [0.717, 1.165) is 22.4 Å². The molecule has 0 spiro atoms. The lowest BCUT2D eigenvalue weighted by Gasteiger charge is -2.18. The Hall–Kier alpha value is -2.09. The third-order valence-electron chi connectivity index (χ3n) is 2.86. The molecule has 0 bridgehead atoms. The predicted octanol–water partition coefficient (Wildman–Crippen LogP) is 3.65. The average molecular weight is 226 g/mol. The SMILES string of the molecule is Fc1ccc(C2=CCOc3ccccc32)cc1. The van der Waals surface area contributed by atoms with Crippen LogP contribution in [0.3, 0.4) is 0 Å². The summed E-state index contributed by atoms with van der Waals surface area (Å²) in [6.07, 6.45) is 2.02. The number of rotatable bonds is 1. The Morgan fingerprint density at radius 2 is 1.71 bits per heavy atom. The summed E-state index contributed by atoms with van der Waals surface area (Å²) in [6.45, 7) is 0.559. The standard InChI is InChI=1S/C15H11FO/c16-12-7-5-11(6-8-12)13-9-10-17-15-4-2-1-3-14(13)15/h1-9H,10H2. The summed E-state index contributed by atoms with van der Waals surface area (Å²) < 4.78 is 18.5. The fourth-order valence-corrected chi connectivity index (χ4v) is 2.04. The molecule has 2 aromatic rings. The normalized spacial score (nSPS) is 13.6. The van der Waals surface area contributed by atoms with Crippen LogP contribution in [0, 0.1) is 5.82 Å². The van der Waals surface area contributed by atoms with Crippen LogP contribution in [-0.4, -0.2) is 6.61 Å². The van der Waals surface area contributed by atoms with Crippen LogP contribution in [0.4, 0.5) is 4.39 Å². The van der Waals surface area contributed by atoms with Gasteiger partial charge in [-0.25, -0.2) is 4.39 Å². The van der Waals surface area contributed by atoms with E-state index in [9.17, 15) is 4.39 Å². The second-order valence-electron chi connectivity index (χ2n) is 3.93. The molecule has 1 aliphatic rings. The Morgan fingerprint density at radius 1 is 0.941 bits per heavy atom. The van der Waals surface area contributed by atoms with E-state index >= 15 is 0 Å². The molecular weight excluding hydrogens is 215 g/mol. The fourth-order valence-electron chi connectivity index (χ4n) is 2.04. The molecule has 17 heavy (non-hydrogen) atoms. The van der Waals surface area contributed by atoms with Gasteiger partial charge in [-0.2, -0.15) is 0 Å². The van der Waals surface area contributed by atoms with Crippen molar-refractivity contribution in [3.05, 3.63) is 71.6 Å². The minimum atomic E-state index is -0.213. The van der Waals surface area contributed by atoms with Crippen LogP contribution >= 0.6 is 0 Å². The number of hydrogen-bond acceptors (Lipinski definition) is 1. The molecule has 3 rings (SSSR count). The smallest absolute Gasteiger partial charge is 0.127 e. The highest BCUT2D eigenvalue weighted by Gasteiger charge is 2.14. The molecule has 2 heteroatoms. The first-order chi connectivity index (χ1) is 8.34. The summed E-state index contributed by atoms with van der Waals surface area (Å²) in [5.41, 5.74) is 3.18. The van der Waals surface area contributed by atoms with Crippen LogP contribution < -0.4 is 4.74 Å². The molecule has 84 valence electrons. The van der Waals surface area contributed by atoms with Gasteiger partial charge < -0.3 is 4.74 Å². The number of fused-ring (bicyclic) bond motifs is 1. The molecule has 0 N–H and O–H groups in total. The van der Waals surface area contributed by atoms with E-state index < -0.39 is 0 Å². The number of halogens is 1. The van der Waals surface area contributed by atoms with Gasteiger partial charge in [0.25, 0.3) is 0 Å². The van der Waals surface area contributed by atoms with Crippen LogP contribution in [-0.2, 0) is 0 Å². The Labute approximate surface area is 99.2 Å². The quantitative estimate of drug-likeness (QED) is 0.721. The highest BCUT2D eigenvalue weighted by molar-refractivity contribution is 5.83. The van der Waals surface area contributed by atoms with Crippen molar-refractivity contribution in [2.75, 3.05) is 6.61 Å². The maximum Gasteiger partial charge on any atom is 0.127 e. The molecule has 1 aliphatic heterocycles. The molecule has 0 atom stereocenters. The van der Waals surface area contributed by atoms with E-state index in [1.807, 2.05) is 30.3 Å². The Balaban J connectivity index is 2.09. The van der Waals surface area contributed by atoms with Crippen LogP contribution in [0.2, 0.25) is 0 Å². The molecule has 0 saturated heterocycles. The molecule has 2 aromatic carbocycles. The zero-order valence-corrected chi connectivity index (χ0v) is 9.19. The molecule has 0 aromatic heterocycles. The molecule has 0 unspecified atom stereocenters. The van der Waals surface area contributed by atoms with Crippen LogP contribution in [0.1, 0.15) is 11.1 Å². The van der Waals surface area contributed by atoms with Gasteiger partial charge in [0, 0.05) is 5.56 Å². The molecule has 0 amide bonds. The van der Waals surface area contributed by atoms with Gasteiger partial charge in [0.05, 0.1) is 0 Å². The van der Waals surface area contributed by atoms with Crippen molar-refractivity contribution in [1.29, 1.82) is 0 Å². The molecule has 0 radical (unpaired) electrons. The van der Waals surface area contributed by atoms with Gasteiger partial charge in [-0.15, -0.1) is 0 Å². The van der Waals surface area contributed by atoms with Gasteiger partial charge in [0.2, 0.25) is 0 Å². The number of para-hydroxylation sites is 1. The number of ether oxygens (including phenoxy) is 1. The third kappa shape index (κ3) is 1.82. The van der Waals surface area contributed by atoms with Crippen molar-refractivity contribution in [2.45, 2.75) is 0 Å². The van der Waals surface area contributed by atoms with Crippen molar-refractivity contribution >= 4 is 5.57 Å². The first-order valence-electron chi connectivity index (χ1n) is 5.53. The topological polar surface area (TPSA) is 9.23 Å².